The van der Waals surface area contributed by atoms with Gasteiger partial charge in [0.05, 0.1) is 6.04 Å². The van der Waals surface area contributed by atoms with Crippen molar-refractivity contribution in [3.8, 4) is 5.75 Å². The van der Waals surface area contributed by atoms with Crippen molar-refractivity contribution in [1.29, 1.82) is 0 Å². The largest absolute Gasteiger partial charge is 0.503 e. The first-order valence-corrected chi connectivity index (χ1v) is 11.4. The number of aromatic nitrogens is 1. The van der Waals surface area contributed by atoms with Gasteiger partial charge in [-0.15, -0.1) is 0 Å². The quantitative estimate of drug-likeness (QED) is 0.601. The molecular weight excluding hydrogens is 456 g/mol. The molecule has 1 aromatic heterocycles. The molecule has 2 N–H and O–H groups in total. The van der Waals surface area contributed by atoms with Crippen LogP contribution in [0.1, 0.15) is 56.4 Å². The van der Waals surface area contributed by atoms with Crippen LogP contribution in [-0.2, 0) is 13.0 Å². The summed E-state index contributed by atoms with van der Waals surface area (Å²) in [4.78, 5) is 40.6. The maximum atomic E-state index is 14.2. The van der Waals surface area contributed by atoms with Gasteiger partial charge in [0.25, 0.3) is 11.8 Å². The van der Waals surface area contributed by atoms with Gasteiger partial charge in [-0.25, -0.2) is 8.78 Å². The zero-order chi connectivity index (χ0) is 24.9. The zero-order valence-electron chi connectivity index (χ0n) is 19.0. The Morgan fingerprint density at radius 3 is 2.63 bits per heavy atom. The van der Waals surface area contributed by atoms with E-state index in [0.29, 0.717) is 18.5 Å². The molecule has 35 heavy (non-hydrogen) atoms. The van der Waals surface area contributed by atoms with Gasteiger partial charge in [0.15, 0.2) is 11.4 Å². The molecular formula is C26H23F2N3O4. The second kappa shape index (κ2) is 8.65. The molecule has 0 aliphatic carbocycles. The highest BCUT2D eigenvalue weighted by atomic mass is 19.1. The van der Waals surface area contributed by atoms with E-state index in [0.717, 1.165) is 36.2 Å². The molecule has 0 fully saturated rings. The number of benzene rings is 2. The van der Waals surface area contributed by atoms with Gasteiger partial charge in [0.1, 0.15) is 17.2 Å². The average Bonchev–Trinajstić information content (AvgIpc) is 2.80. The number of aromatic hydroxyl groups is 1. The smallest absolute Gasteiger partial charge is 0.279 e. The van der Waals surface area contributed by atoms with Gasteiger partial charge in [-0.3, -0.25) is 14.4 Å². The number of anilines is 1. The average molecular weight is 479 g/mol. The molecule has 0 unspecified atom stereocenters. The zero-order valence-corrected chi connectivity index (χ0v) is 19.0. The summed E-state index contributed by atoms with van der Waals surface area (Å²) in [6.45, 7) is 1.39. The lowest BCUT2D eigenvalue weighted by Crippen LogP contribution is -2.46. The van der Waals surface area contributed by atoms with Crippen molar-refractivity contribution in [1.82, 2.24) is 9.88 Å². The van der Waals surface area contributed by atoms with Crippen molar-refractivity contribution >= 4 is 17.5 Å². The number of fused-ring (bicyclic) bond motifs is 6. The lowest BCUT2D eigenvalue weighted by molar-refractivity contribution is 0.0927. The molecule has 2 bridgehead atoms. The molecule has 0 saturated carbocycles. The Morgan fingerprint density at radius 2 is 1.89 bits per heavy atom. The van der Waals surface area contributed by atoms with Gasteiger partial charge in [-0.2, -0.15) is 0 Å². The van der Waals surface area contributed by atoms with Gasteiger partial charge >= 0.3 is 0 Å². The van der Waals surface area contributed by atoms with Crippen LogP contribution in [-0.4, -0.2) is 28.0 Å². The van der Waals surface area contributed by atoms with E-state index in [1.165, 1.54) is 10.8 Å². The van der Waals surface area contributed by atoms with Crippen LogP contribution in [0.5, 0.6) is 5.75 Å². The van der Waals surface area contributed by atoms with Crippen LogP contribution >= 0.6 is 0 Å². The molecule has 0 radical (unpaired) electrons. The minimum absolute atomic E-state index is 0.171. The Morgan fingerprint density at radius 1 is 1.17 bits per heavy atom. The normalized spacial score (nSPS) is 16.7. The third-order valence-corrected chi connectivity index (χ3v) is 6.67. The summed E-state index contributed by atoms with van der Waals surface area (Å²) in [5.74, 6) is -3.86. The molecule has 0 spiro atoms. The van der Waals surface area contributed by atoms with E-state index in [4.69, 9.17) is 0 Å². The molecule has 5 rings (SSSR count). The summed E-state index contributed by atoms with van der Waals surface area (Å²) in [6.07, 6.45) is 3.50. The van der Waals surface area contributed by atoms with Gasteiger partial charge in [-0.1, -0.05) is 18.2 Å². The first-order valence-electron chi connectivity index (χ1n) is 11.4. The Labute approximate surface area is 199 Å². The number of pyridine rings is 1. The molecule has 2 aromatic carbocycles. The number of nitrogens with one attached hydrogen (secondary N) is 1. The number of amides is 2. The maximum Gasteiger partial charge on any atom is 0.279 e. The van der Waals surface area contributed by atoms with Crippen LogP contribution in [0.15, 0.2) is 47.4 Å². The van der Waals surface area contributed by atoms with Crippen LogP contribution in [0, 0.1) is 18.6 Å². The standard InChI is InChI=1S/C26H23F2N3O4/c1-14-9-19(27)17(20(28)10-14)11-29-25(34)18-13-30-16-7-4-6-15-5-2-3-8-21(15)31(12-16)26(35)22(30)24(33)23(18)32/h2-3,5,8-10,13,16,33H,4,6-7,11-12H2,1H3,(H,29,34)/t16-/m0/s1. The first-order chi connectivity index (χ1) is 16.8. The highest BCUT2D eigenvalue weighted by Gasteiger charge is 2.37. The van der Waals surface area contributed by atoms with E-state index in [2.05, 4.69) is 5.32 Å². The Balaban J connectivity index is 1.50. The van der Waals surface area contributed by atoms with Gasteiger partial charge in [0, 0.05) is 30.5 Å². The third-order valence-electron chi connectivity index (χ3n) is 6.67. The topological polar surface area (TPSA) is 91.6 Å². The van der Waals surface area contributed by atoms with Crippen molar-refractivity contribution in [2.45, 2.75) is 38.8 Å². The van der Waals surface area contributed by atoms with Crippen LogP contribution < -0.4 is 15.6 Å². The number of hydrogen-bond donors (Lipinski definition) is 2. The minimum atomic E-state index is -1.02. The fourth-order valence-electron chi connectivity index (χ4n) is 4.90. The second-order valence-electron chi connectivity index (χ2n) is 8.96. The van der Waals surface area contributed by atoms with E-state index in [1.54, 1.807) is 11.8 Å². The SMILES string of the molecule is Cc1cc(F)c(CNC(=O)c2cn3c(c(O)c2=O)C(=O)N2C[C@@H]3CCCc3ccccc32)c(F)c1. The molecule has 2 amide bonds. The highest BCUT2D eigenvalue weighted by molar-refractivity contribution is 6.08. The fraction of sp³-hybridized carbons (Fsp3) is 0.269. The molecule has 9 heteroatoms. The maximum absolute atomic E-state index is 14.2. The minimum Gasteiger partial charge on any atom is -0.503 e. The van der Waals surface area contributed by atoms with E-state index in [9.17, 15) is 28.3 Å². The number of halogens is 2. The van der Waals surface area contributed by atoms with Crippen molar-refractivity contribution in [2.75, 3.05) is 11.4 Å². The second-order valence-corrected chi connectivity index (χ2v) is 8.96. The summed E-state index contributed by atoms with van der Waals surface area (Å²) in [6, 6.07) is 9.56. The molecule has 3 heterocycles. The number of rotatable bonds is 3. The predicted molar refractivity (Wildman–Crippen MR) is 125 cm³/mol. The monoisotopic (exact) mass is 479 g/mol. The van der Waals surface area contributed by atoms with E-state index in [1.807, 2.05) is 24.3 Å². The molecule has 1 atom stereocenters. The Hall–Kier alpha value is -4.01. The molecule has 2 aliphatic rings. The molecule has 7 nitrogen and oxygen atoms in total. The van der Waals surface area contributed by atoms with E-state index in [-0.39, 0.29) is 17.3 Å². The van der Waals surface area contributed by atoms with E-state index < -0.39 is 46.7 Å². The molecule has 180 valence electrons. The van der Waals surface area contributed by atoms with Crippen molar-refractivity contribution in [3.05, 3.63) is 92.4 Å². The third kappa shape index (κ3) is 3.86. The summed E-state index contributed by atoms with van der Waals surface area (Å²) in [5.41, 5.74) is 0.227. The number of carbonyl (C=O) groups is 2. The first kappa shape index (κ1) is 22.8. The van der Waals surface area contributed by atoms with Crippen LogP contribution in [0.25, 0.3) is 0 Å². The van der Waals surface area contributed by atoms with Crippen LogP contribution in [0.2, 0.25) is 0 Å². The number of para-hydroxylation sites is 1. The molecule has 0 saturated heterocycles. The lowest BCUT2D eigenvalue weighted by atomic mass is 9.95. The summed E-state index contributed by atoms with van der Waals surface area (Å²) >= 11 is 0. The van der Waals surface area contributed by atoms with Crippen LogP contribution in [0.3, 0.4) is 0 Å². The highest BCUT2D eigenvalue weighted by Crippen LogP contribution is 2.36. The van der Waals surface area contributed by atoms with Gasteiger partial charge in [-0.05, 0) is 55.5 Å². The van der Waals surface area contributed by atoms with Crippen molar-refractivity contribution in [3.63, 3.8) is 0 Å². The van der Waals surface area contributed by atoms with Gasteiger partial charge < -0.3 is 19.9 Å². The summed E-state index contributed by atoms with van der Waals surface area (Å²) in [5, 5.41) is 13.1. The Bertz CT molecular complexity index is 1410. The number of carbonyl (C=O) groups excluding carboxylic acids is 2. The number of nitrogens with zero attached hydrogens (tertiary/aromatic N) is 2. The predicted octanol–water partition coefficient (Wildman–Crippen LogP) is 3.61. The summed E-state index contributed by atoms with van der Waals surface area (Å²) < 4.78 is 29.8. The van der Waals surface area contributed by atoms with Crippen molar-refractivity contribution in [2.24, 2.45) is 0 Å². The fourth-order valence-corrected chi connectivity index (χ4v) is 4.90. The van der Waals surface area contributed by atoms with Crippen LogP contribution in [0.4, 0.5) is 14.5 Å². The lowest BCUT2D eigenvalue weighted by Gasteiger charge is -2.39. The van der Waals surface area contributed by atoms with E-state index >= 15 is 0 Å². The van der Waals surface area contributed by atoms with Crippen molar-refractivity contribution < 1.29 is 23.5 Å². The molecule has 2 aliphatic heterocycles. The molecule has 3 aromatic rings. The number of aryl methyl sites for hydroxylation is 2. The Kier molecular flexibility index (Phi) is 5.62. The summed E-state index contributed by atoms with van der Waals surface area (Å²) in [7, 11) is 0. The van der Waals surface area contributed by atoms with Gasteiger partial charge in [0.2, 0.25) is 5.43 Å². The number of hydrogen-bond acceptors (Lipinski definition) is 4.